The zero-order valence-corrected chi connectivity index (χ0v) is 45.4. The van der Waals surface area contributed by atoms with Gasteiger partial charge in [0.2, 0.25) is 0 Å². The molecule has 6 heteroatoms. The van der Waals surface area contributed by atoms with Crippen molar-refractivity contribution in [1.29, 1.82) is 0 Å². The summed E-state index contributed by atoms with van der Waals surface area (Å²) in [7, 11) is 0. The van der Waals surface area contributed by atoms with Crippen LogP contribution in [0.15, 0.2) is 48.6 Å². The third kappa shape index (κ3) is 54.3. The van der Waals surface area contributed by atoms with Gasteiger partial charge in [0.1, 0.15) is 13.2 Å². The summed E-state index contributed by atoms with van der Waals surface area (Å²) in [5.74, 6) is -0.862. The molecule has 0 bridgehead atoms. The molecule has 0 saturated carbocycles. The van der Waals surface area contributed by atoms with Crippen LogP contribution in [0.2, 0.25) is 0 Å². The first-order valence-electron chi connectivity index (χ1n) is 29.6. The van der Waals surface area contributed by atoms with E-state index in [-0.39, 0.29) is 31.1 Å². The largest absolute Gasteiger partial charge is 0.462 e. The van der Waals surface area contributed by atoms with E-state index >= 15 is 0 Å². The molecule has 1 unspecified atom stereocenters. The van der Waals surface area contributed by atoms with Crippen molar-refractivity contribution in [2.45, 2.75) is 316 Å². The number of ether oxygens (including phenoxy) is 3. The highest BCUT2D eigenvalue weighted by atomic mass is 16.6. The average Bonchev–Trinajstić information content (AvgIpc) is 3.34. The molecule has 0 rings (SSSR count). The lowest BCUT2D eigenvalue weighted by molar-refractivity contribution is -0.167. The van der Waals surface area contributed by atoms with E-state index in [0.29, 0.717) is 19.3 Å². The number of rotatable bonds is 54. The summed E-state index contributed by atoms with van der Waals surface area (Å²) < 4.78 is 16.8. The first kappa shape index (κ1) is 65.4. The molecule has 68 heavy (non-hydrogen) atoms. The second-order valence-electron chi connectivity index (χ2n) is 19.9. The number of allylic oxidation sites excluding steroid dienone is 8. The molecular weight excluding hydrogens is 841 g/mol. The number of unbranched alkanes of at least 4 members (excludes halogenated alkanes) is 35. The second kappa shape index (κ2) is 57.0. The van der Waals surface area contributed by atoms with Crippen LogP contribution in [0.1, 0.15) is 310 Å². The van der Waals surface area contributed by atoms with E-state index in [9.17, 15) is 14.4 Å². The van der Waals surface area contributed by atoms with E-state index in [1.54, 1.807) is 0 Å². The van der Waals surface area contributed by atoms with Gasteiger partial charge in [-0.15, -0.1) is 0 Å². The summed E-state index contributed by atoms with van der Waals surface area (Å²) in [6.07, 6.45) is 70.0. The predicted molar refractivity (Wildman–Crippen MR) is 293 cm³/mol. The minimum Gasteiger partial charge on any atom is -0.462 e. The van der Waals surface area contributed by atoms with Crippen LogP contribution in [0.5, 0.6) is 0 Å². The topological polar surface area (TPSA) is 78.9 Å². The first-order valence-corrected chi connectivity index (χ1v) is 29.6. The van der Waals surface area contributed by atoms with Crippen LogP contribution in [0.4, 0.5) is 0 Å². The van der Waals surface area contributed by atoms with Crippen molar-refractivity contribution in [3.05, 3.63) is 48.6 Å². The van der Waals surface area contributed by atoms with Crippen molar-refractivity contribution in [2.75, 3.05) is 13.2 Å². The molecule has 0 aliphatic carbocycles. The maximum absolute atomic E-state index is 12.8. The molecular formula is C62H112O6. The highest BCUT2D eigenvalue weighted by Crippen LogP contribution is 2.17. The zero-order valence-electron chi connectivity index (χ0n) is 45.4. The van der Waals surface area contributed by atoms with Gasteiger partial charge in [0.05, 0.1) is 0 Å². The maximum atomic E-state index is 12.8. The van der Waals surface area contributed by atoms with Gasteiger partial charge in [-0.25, -0.2) is 0 Å². The fourth-order valence-corrected chi connectivity index (χ4v) is 8.67. The molecule has 0 aromatic carbocycles. The lowest BCUT2D eigenvalue weighted by Crippen LogP contribution is -2.30. The first-order chi connectivity index (χ1) is 33.5. The Morgan fingerprint density at radius 2 is 0.574 bits per heavy atom. The molecule has 0 aromatic heterocycles. The maximum Gasteiger partial charge on any atom is 0.306 e. The number of carbonyl (C=O) groups is 3. The molecule has 6 nitrogen and oxygen atoms in total. The Balaban J connectivity index is 4.05. The molecule has 0 spiro atoms. The Hall–Kier alpha value is -2.63. The number of esters is 3. The smallest absolute Gasteiger partial charge is 0.306 e. The van der Waals surface area contributed by atoms with E-state index in [1.165, 1.54) is 186 Å². The summed E-state index contributed by atoms with van der Waals surface area (Å²) >= 11 is 0. The van der Waals surface area contributed by atoms with Crippen LogP contribution in [0, 0.1) is 0 Å². The molecule has 0 aliphatic heterocycles. The Labute approximate surface area is 422 Å². The monoisotopic (exact) mass is 953 g/mol. The normalized spacial score (nSPS) is 12.3. The number of hydrogen-bond acceptors (Lipinski definition) is 6. The van der Waals surface area contributed by atoms with Gasteiger partial charge in [0, 0.05) is 19.3 Å². The third-order valence-corrected chi connectivity index (χ3v) is 13.1. The van der Waals surface area contributed by atoms with E-state index in [2.05, 4.69) is 69.4 Å². The van der Waals surface area contributed by atoms with Crippen LogP contribution >= 0.6 is 0 Å². The molecule has 0 fully saturated rings. The average molecular weight is 954 g/mol. The Bertz CT molecular complexity index is 1190. The van der Waals surface area contributed by atoms with E-state index in [1.807, 2.05) is 0 Å². The molecule has 1 atom stereocenters. The Morgan fingerprint density at radius 3 is 0.897 bits per heavy atom. The van der Waals surface area contributed by atoms with Gasteiger partial charge in [0.25, 0.3) is 0 Å². The van der Waals surface area contributed by atoms with Crippen molar-refractivity contribution in [3.8, 4) is 0 Å². The van der Waals surface area contributed by atoms with Crippen LogP contribution in [-0.4, -0.2) is 37.2 Å². The minimum atomic E-state index is -0.766. The lowest BCUT2D eigenvalue weighted by atomic mass is 10.0. The predicted octanol–water partition coefficient (Wildman–Crippen LogP) is 19.8. The van der Waals surface area contributed by atoms with Crippen molar-refractivity contribution >= 4 is 17.9 Å². The molecule has 0 radical (unpaired) electrons. The van der Waals surface area contributed by atoms with Crippen molar-refractivity contribution in [3.63, 3.8) is 0 Å². The van der Waals surface area contributed by atoms with Gasteiger partial charge in [-0.2, -0.15) is 0 Å². The van der Waals surface area contributed by atoms with E-state index in [4.69, 9.17) is 14.2 Å². The zero-order chi connectivity index (χ0) is 49.3. The summed E-state index contributed by atoms with van der Waals surface area (Å²) in [5.41, 5.74) is 0. The molecule has 0 aliphatic rings. The van der Waals surface area contributed by atoms with Gasteiger partial charge >= 0.3 is 17.9 Å². The van der Waals surface area contributed by atoms with Gasteiger partial charge in [-0.3, -0.25) is 14.4 Å². The summed E-state index contributed by atoms with van der Waals surface area (Å²) in [6.45, 7) is 6.51. The molecule has 0 saturated heterocycles. The van der Waals surface area contributed by atoms with Crippen LogP contribution in [-0.2, 0) is 28.6 Å². The van der Waals surface area contributed by atoms with Gasteiger partial charge in [0.15, 0.2) is 6.10 Å². The van der Waals surface area contributed by atoms with E-state index in [0.717, 1.165) is 83.5 Å². The molecule has 0 aromatic rings. The van der Waals surface area contributed by atoms with Crippen LogP contribution < -0.4 is 0 Å². The fraction of sp³-hybridized carbons (Fsp3) is 0.823. The second-order valence-corrected chi connectivity index (χ2v) is 19.9. The molecule has 0 amide bonds. The summed E-state index contributed by atoms with van der Waals surface area (Å²) in [5, 5.41) is 0. The van der Waals surface area contributed by atoms with Crippen molar-refractivity contribution in [1.82, 2.24) is 0 Å². The third-order valence-electron chi connectivity index (χ3n) is 13.1. The van der Waals surface area contributed by atoms with Gasteiger partial charge < -0.3 is 14.2 Å². The van der Waals surface area contributed by atoms with Gasteiger partial charge in [-0.1, -0.05) is 281 Å². The van der Waals surface area contributed by atoms with Crippen molar-refractivity contribution < 1.29 is 28.6 Å². The highest BCUT2D eigenvalue weighted by Gasteiger charge is 2.19. The van der Waals surface area contributed by atoms with Crippen molar-refractivity contribution in [2.24, 2.45) is 0 Å². The number of carbonyl (C=O) groups excluding carboxylic acids is 3. The number of hydrogen-bond donors (Lipinski definition) is 0. The highest BCUT2D eigenvalue weighted by molar-refractivity contribution is 5.71. The SMILES string of the molecule is CC/C=C\C/C=C\C/C=C\C/C=C\CCCCCCCCCCCCCCCCC(=O)OCC(COC(=O)CCCCCCCC)OC(=O)CCCCCCCCCCCCCCCCCCC. The summed E-state index contributed by atoms with van der Waals surface area (Å²) in [6, 6.07) is 0. The van der Waals surface area contributed by atoms with Gasteiger partial charge in [-0.05, 0) is 57.8 Å². The quantitative estimate of drug-likeness (QED) is 0.0262. The van der Waals surface area contributed by atoms with E-state index < -0.39 is 6.10 Å². The summed E-state index contributed by atoms with van der Waals surface area (Å²) in [4.78, 5) is 37.9. The van der Waals surface area contributed by atoms with Crippen LogP contribution in [0.25, 0.3) is 0 Å². The standard InChI is InChI=1S/C62H112O6/c1-4-7-10-13-16-18-20-22-24-26-27-28-29-30-31-32-33-34-35-37-38-40-42-44-46-49-52-55-61(64)67-58-59(57-66-60(63)54-51-48-15-12-9-6-3)68-62(65)56-53-50-47-45-43-41-39-36-25-23-21-19-17-14-11-8-5-2/h7,10,16,18,22,24,27-28,59H,4-6,8-9,11-15,17,19-21,23,25-26,29-58H2,1-3H3/b10-7-,18-16-,24-22-,28-27-. The molecule has 396 valence electrons. The molecule has 0 N–H and O–H groups in total. The molecule has 0 heterocycles. The fourth-order valence-electron chi connectivity index (χ4n) is 8.67. The minimum absolute atomic E-state index is 0.0688. The lowest BCUT2D eigenvalue weighted by Gasteiger charge is -2.18. The van der Waals surface area contributed by atoms with Crippen LogP contribution in [0.3, 0.4) is 0 Å². The Morgan fingerprint density at radius 1 is 0.309 bits per heavy atom. The Kier molecular flexibility index (Phi) is 54.8.